The minimum atomic E-state index is -4.01. The van der Waals surface area contributed by atoms with Crippen molar-refractivity contribution in [3.63, 3.8) is 0 Å². The van der Waals surface area contributed by atoms with Crippen LogP contribution in [-0.2, 0) is 17.1 Å². The van der Waals surface area contributed by atoms with Crippen LogP contribution in [-0.4, -0.2) is 29.1 Å². The van der Waals surface area contributed by atoms with Crippen molar-refractivity contribution in [1.29, 1.82) is 5.26 Å². The number of nitrogens with one attached hydrogen (secondary N) is 1. The van der Waals surface area contributed by atoms with E-state index in [0.717, 1.165) is 0 Å². The fraction of sp³-hybridized carbons (Fsp3) is 0.0909. The highest BCUT2D eigenvalue weighted by Gasteiger charge is 2.20. The Hall–Kier alpha value is -2.77. The monoisotopic (exact) mass is 306 g/mol. The summed E-state index contributed by atoms with van der Waals surface area (Å²) < 4.78 is 24.0. The first kappa shape index (κ1) is 14.6. The van der Waals surface area contributed by atoms with Crippen molar-refractivity contribution in [2.45, 2.75) is 4.90 Å². The van der Waals surface area contributed by atoms with Crippen molar-refractivity contribution in [3.8, 4) is 6.07 Å². The lowest BCUT2D eigenvalue weighted by molar-refractivity contribution is 0.102. The molecule has 0 unspecified atom stereocenters. The van der Waals surface area contributed by atoms with Crippen molar-refractivity contribution >= 4 is 21.7 Å². The average Bonchev–Trinajstić information content (AvgIpc) is 2.79. The minimum Gasteiger partial charge on any atom is -0.303 e. The standard InChI is InChI=1S/C11H10N6O3S/c1-17-6-9(21(13,19)20)10(16-17)15-11(18)8-3-2-7(4-12)5-14-8/h2-3,5-6H,1H3,(H2,13,19,20)(H,15,16,18). The molecule has 0 aliphatic heterocycles. The van der Waals surface area contributed by atoms with Crippen LogP contribution in [0.15, 0.2) is 29.4 Å². The van der Waals surface area contributed by atoms with E-state index >= 15 is 0 Å². The molecule has 2 heterocycles. The molecule has 0 atom stereocenters. The van der Waals surface area contributed by atoms with Crippen molar-refractivity contribution in [1.82, 2.24) is 14.8 Å². The highest BCUT2D eigenvalue weighted by molar-refractivity contribution is 7.89. The molecule has 21 heavy (non-hydrogen) atoms. The molecule has 3 N–H and O–H groups in total. The number of hydrogen-bond donors (Lipinski definition) is 2. The largest absolute Gasteiger partial charge is 0.303 e. The summed E-state index contributed by atoms with van der Waals surface area (Å²) in [7, 11) is -2.52. The van der Waals surface area contributed by atoms with E-state index in [0.29, 0.717) is 5.56 Å². The number of amides is 1. The molecule has 1 amide bonds. The Kier molecular flexibility index (Phi) is 3.70. The minimum absolute atomic E-state index is 0.0139. The maximum Gasteiger partial charge on any atom is 0.275 e. The topological polar surface area (TPSA) is 144 Å². The molecule has 2 rings (SSSR count). The van der Waals surface area contributed by atoms with Crippen molar-refractivity contribution in [2.75, 3.05) is 5.32 Å². The molecule has 9 nitrogen and oxygen atoms in total. The van der Waals surface area contributed by atoms with Crippen LogP contribution in [0.1, 0.15) is 16.1 Å². The Morgan fingerprint density at radius 2 is 2.19 bits per heavy atom. The van der Waals surface area contributed by atoms with Crippen molar-refractivity contribution < 1.29 is 13.2 Å². The zero-order valence-corrected chi connectivity index (χ0v) is 11.6. The van der Waals surface area contributed by atoms with Gasteiger partial charge in [0, 0.05) is 19.4 Å². The third-order valence-electron chi connectivity index (χ3n) is 2.46. The van der Waals surface area contributed by atoms with Crippen molar-refractivity contribution in [3.05, 3.63) is 35.8 Å². The lowest BCUT2D eigenvalue weighted by Gasteiger charge is -2.03. The van der Waals surface area contributed by atoms with Gasteiger partial charge in [0.05, 0.1) is 5.56 Å². The molecule has 0 saturated carbocycles. The van der Waals surface area contributed by atoms with Crippen LogP contribution in [0.2, 0.25) is 0 Å². The van der Waals surface area contributed by atoms with Crippen LogP contribution in [0.25, 0.3) is 0 Å². The van der Waals surface area contributed by atoms with E-state index in [1.54, 1.807) is 0 Å². The second-order valence-corrected chi connectivity index (χ2v) is 5.59. The van der Waals surface area contributed by atoms with E-state index in [4.69, 9.17) is 10.4 Å². The van der Waals surface area contributed by atoms with Gasteiger partial charge in [0.25, 0.3) is 5.91 Å². The molecule has 0 aromatic carbocycles. The number of aryl methyl sites for hydroxylation is 1. The highest BCUT2D eigenvalue weighted by atomic mass is 32.2. The van der Waals surface area contributed by atoms with Gasteiger partial charge in [-0.1, -0.05) is 0 Å². The van der Waals surface area contributed by atoms with Crippen LogP contribution in [0.3, 0.4) is 0 Å². The van der Waals surface area contributed by atoms with Crippen LogP contribution in [0.4, 0.5) is 5.82 Å². The summed E-state index contributed by atoms with van der Waals surface area (Å²) in [5, 5.41) is 19.8. The number of nitrogens with zero attached hydrogens (tertiary/aromatic N) is 4. The number of aromatic nitrogens is 3. The molecule has 2 aromatic heterocycles. The van der Waals surface area contributed by atoms with Crippen LogP contribution in [0, 0.1) is 11.3 Å². The molecule has 0 fully saturated rings. The second-order valence-electron chi connectivity index (χ2n) is 4.06. The lowest BCUT2D eigenvalue weighted by atomic mass is 10.2. The van der Waals surface area contributed by atoms with Gasteiger partial charge in [-0.15, -0.1) is 0 Å². The highest BCUT2D eigenvalue weighted by Crippen LogP contribution is 2.17. The predicted molar refractivity (Wildman–Crippen MR) is 71.5 cm³/mol. The Labute approximate surface area is 120 Å². The molecular weight excluding hydrogens is 296 g/mol. The number of pyridine rings is 1. The summed E-state index contributed by atoms with van der Waals surface area (Å²) in [5.41, 5.74) is 0.314. The average molecular weight is 306 g/mol. The van der Waals surface area contributed by atoms with Gasteiger partial charge >= 0.3 is 0 Å². The van der Waals surface area contributed by atoms with E-state index in [1.807, 2.05) is 6.07 Å². The van der Waals surface area contributed by atoms with E-state index in [-0.39, 0.29) is 16.4 Å². The number of sulfonamides is 1. The van der Waals surface area contributed by atoms with Gasteiger partial charge in [-0.2, -0.15) is 10.4 Å². The summed E-state index contributed by atoms with van der Waals surface area (Å²) in [6, 6.07) is 4.63. The number of hydrogen-bond acceptors (Lipinski definition) is 6. The Morgan fingerprint density at radius 1 is 1.48 bits per heavy atom. The number of nitrogens with two attached hydrogens (primary N) is 1. The van der Waals surface area contributed by atoms with Crippen LogP contribution < -0.4 is 10.5 Å². The van der Waals surface area contributed by atoms with E-state index in [1.165, 1.54) is 36.3 Å². The first-order chi connectivity index (χ1) is 9.81. The molecule has 2 aromatic rings. The van der Waals surface area contributed by atoms with Gasteiger partial charge in [0.1, 0.15) is 16.7 Å². The Bertz CT molecular complexity index is 832. The fourth-order valence-corrected chi connectivity index (χ4v) is 2.19. The number of carbonyl (C=O) groups excluding carboxylic acids is 1. The number of carbonyl (C=O) groups is 1. The van der Waals surface area contributed by atoms with E-state index in [2.05, 4.69) is 15.4 Å². The van der Waals surface area contributed by atoms with Gasteiger partial charge in [-0.3, -0.25) is 9.48 Å². The zero-order valence-electron chi connectivity index (χ0n) is 10.8. The molecule has 0 radical (unpaired) electrons. The molecular formula is C11H10N6O3S. The van der Waals surface area contributed by atoms with Gasteiger partial charge in [-0.05, 0) is 12.1 Å². The van der Waals surface area contributed by atoms with Gasteiger partial charge in [-0.25, -0.2) is 18.5 Å². The second kappa shape index (κ2) is 5.31. The Morgan fingerprint density at radius 3 is 2.71 bits per heavy atom. The number of nitriles is 1. The molecule has 0 aliphatic rings. The molecule has 0 saturated heterocycles. The summed E-state index contributed by atoms with van der Waals surface area (Å²) in [6.45, 7) is 0. The van der Waals surface area contributed by atoms with Gasteiger partial charge in [0.15, 0.2) is 5.82 Å². The number of anilines is 1. The van der Waals surface area contributed by atoms with Gasteiger partial charge < -0.3 is 5.32 Å². The normalized spacial score (nSPS) is 10.9. The van der Waals surface area contributed by atoms with Crippen LogP contribution >= 0.6 is 0 Å². The van der Waals surface area contributed by atoms with E-state index < -0.39 is 15.9 Å². The summed E-state index contributed by atoms with van der Waals surface area (Å²) in [6.07, 6.45) is 2.41. The molecule has 108 valence electrons. The smallest absolute Gasteiger partial charge is 0.275 e. The molecule has 0 bridgehead atoms. The maximum absolute atomic E-state index is 12.0. The fourth-order valence-electron chi connectivity index (χ4n) is 1.53. The van der Waals surface area contributed by atoms with Crippen molar-refractivity contribution in [2.24, 2.45) is 12.2 Å². The van der Waals surface area contributed by atoms with E-state index in [9.17, 15) is 13.2 Å². The maximum atomic E-state index is 12.0. The third-order valence-corrected chi connectivity index (χ3v) is 3.37. The first-order valence-electron chi connectivity index (χ1n) is 5.55. The number of rotatable bonds is 3. The summed E-state index contributed by atoms with van der Waals surface area (Å²) in [5.74, 6) is -0.848. The Balaban J connectivity index is 2.30. The molecule has 0 spiro atoms. The molecule has 0 aliphatic carbocycles. The zero-order chi connectivity index (χ0) is 15.6. The predicted octanol–water partition coefficient (Wildman–Crippen LogP) is -0.414. The molecule has 10 heteroatoms. The summed E-state index contributed by atoms with van der Waals surface area (Å²) in [4.78, 5) is 15.5. The van der Waals surface area contributed by atoms with Gasteiger partial charge in [0.2, 0.25) is 10.0 Å². The lowest BCUT2D eigenvalue weighted by Crippen LogP contribution is -2.18. The van der Waals surface area contributed by atoms with Crippen LogP contribution in [0.5, 0.6) is 0 Å². The SMILES string of the molecule is Cn1cc(S(N)(=O)=O)c(NC(=O)c2ccc(C#N)cn2)n1. The first-order valence-corrected chi connectivity index (χ1v) is 7.10. The quantitative estimate of drug-likeness (QED) is 0.788. The number of primary sulfonamides is 1. The summed E-state index contributed by atoms with van der Waals surface area (Å²) >= 11 is 0. The third kappa shape index (κ3) is 3.22.